The van der Waals surface area contributed by atoms with Gasteiger partial charge < -0.3 is 9.30 Å². The Bertz CT molecular complexity index is 1060. The average Bonchev–Trinajstić information content (AvgIpc) is 2.55. The quantitative estimate of drug-likeness (QED) is 0.410. The molecule has 3 aromatic rings. The number of fused-ring (bicyclic) bond motifs is 2. The van der Waals surface area contributed by atoms with E-state index in [1.807, 2.05) is 0 Å². The Morgan fingerprint density at radius 1 is 1.25 bits per heavy atom. The summed E-state index contributed by atoms with van der Waals surface area (Å²) in [4.78, 5) is 28.2. The maximum absolute atomic E-state index is 13.9. The van der Waals surface area contributed by atoms with Crippen molar-refractivity contribution >= 4 is 27.9 Å². The number of carbonyl (C=O) groups is 1. The number of nitrogens with zero attached hydrogens (tertiary/aromatic N) is 2. The van der Waals surface area contributed by atoms with Crippen LogP contribution < -0.4 is 5.43 Å². The van der Waals surface area contributed by atoms with Crippen molar-refractivity contribution in [3.05, 3.63) is 51.6 Å². The third kappa shape index (κ3) is 2.31. The molecule has 0 saturated heterocycles. The number of aromatic nitrogens is 2. The summed E-state index contributed by atoms with van der Waals surface area (Å²) in [7, 11) is 1.49. The monoisotopic (exact) mass is 336 g/mol. The minimum atomic E-state index is -1.64. The summed E-state index contributed by atoms with van der Waals surface area (Å²) in [5.41, 5.74) is -1.28. The first-order valence-electron chi connectivity index (χ1n) is 6.99. The molecule has 5 nitrogen and oxygen atoms in total. The molecule has 3 rings (SSSR count). The third-order valence-corrected chi connectivity index (χ3v) is 3.57. The van der Waals surface area contributed by atoms with E-state index >= 15 is 0 Å². The van der Waals surface area contributed by atoms with Gasteiger partial charge in [-0.15, -0.1) is 0 Å². The molecule has 0 fully saturated rings. The van der Waals surface area contributed by atoms with Gasteiger partial charge in [-0.05, 0) is 19.1 Å². The highest BCUT2D eigenvalue weighted by Gasteiger charge is 2.20. The van der Waals surface area contributed by atoms with Crippen molar-refractivity contribution < 1.29 is 22.7 Å². The van der Waals surface area contributed by atoms with Gasteiger partial charge in [0.2, 0.25) is 5.43 Å². The second kappa shape index (κ2) is 5.63. The number of hydrogen-bond donors (Lipinski definition) is 0. The van der Waals surface area contributed by atoms with Crippen LogP contribution in [-0.2, 0) is 11.8 Å². The molecule has 0 aliphatic rings. The Morgan fingerprint density at radius 2 is 1.96 bits per heavy atom. The fourth-order valence-electron chi connectivity index (χ4n) is 2.46. The normalized spacial score (nSPS) is 11.2. The number of benzene rings is 1. The minimum Gasteiger partial charge on any atom is -0.462 e. The molecular weight excluding hydrogens is 325 g/mol. The van der Waals surface area contributed by atoms with Crippen LogP contribution in [0, 0.1) is 17.5 Å². The lowest BCUT2D eigenvalue weighted by Crippen LogP contribution is -2.20. The minimum absolute atomic E-state index is 0.0269. The summed E-state index contributed by atoms with van der Waals surface area (Å²) in [5.74, 6) is -5.27. The van der Waals surface area contributed by atoms with Crippen LogP contribution in [0.15, 0.2) is 23.1 Å². The fraction of sp³-hybridized carbons (Fsp3) is 0.188. The van der Waals surface area contributed by atoms with Crippen molar-refractivity contribution in [3.8, 4) is 0 Å². The van der Waals surface area contributed by atoms with E-state index in [1.165, 1.54) is 23.9 Å². The maximum atomic E-state index is 13.9. The molecule has 0 saturated carbocycles. The summed E-state index contributed by atoms with van der Waals surface area (Å²) >= 11 is 0. The second-order valence-corrected chi connectivity index (χ2v) is 5.12. The smallest absolute Gasteiger partial charge is 0.343 e. The highest BCUT2D eigenvalue weighted by Crippen LogP contribution is 2.24. The number of aryl methyl sites for hydroxylation is 1. The van der Waals surface area contributed by atoms with E-state index in [9.17, 15) is 22.8 Å². The number of pyridine rings is 2. The largest absolute Gasteiger partial charge is 0.462 e. The number of ether oxygens (including phenoxy) is 1. The molecule has 0 bridgehead atoms. The molecule has 2 aromatic heterocycles. The van der Waals surface area contributed by atoms with Crippen LogP contribution in [0.4, 0.5) is 13.2 Å². The molecule has 0 unspecified atom stereocenters. The fourth-order valence-corrected chi connectivity index (χ4v) is 2.46. The summed E-state index contributed by atoms with van der Waals surface area (Å²) in [5, 5.41) is -0.113. The van der Waals surface area contributed by atoms with Crippen LogP contribution in [0.25, 0.3) is 21.9 Å². The van der Waals surface area contributed by atoms with Crippen LogP contribution in [-0.4, -0.2) is 22.1 Å². The molecule has 1 aromatic carbocycles. The zero-order valence-corrected chi connectivity index (χ0v) is 12.7. The molecule has 124 valence electrons. The van der Waals surface area contributed by atoms with Crippen molar-refractivity contribution in [2.45, 2.75) is 6.92 Å². The summed E-state index contributed by atoms with van der Waals surface area (Å²) < 4.78 is 46.8. The van der Waals surface area contributed by atoms with Gasteiger partial charge in [0.05, 0.1) is 12.0 Å². The van der Waals surface area contributed by atoms with E-state index in [1.54, 1.807) is 6.92 Å². The average molecular weight is 336 g/mol. The first kappa shape index (κ1) is 16.0. The van der Waals surface area contributed by atoms with Gasteiger partial charge in [0.25, 0.3) is 0 Å². The number of rotatable bonds is 2. The number of esters is 1. The lowest BCUT2D eigenvalue weighted by molar-refractivity contribution is 0.0524. The highest BCUT2D eigenvalue weighted by molar-refractivity contribution is 5.96. The number of carbonyl (C=O) groups excluding carboxylic acids is 1. The number of hydrogen-bond acceptors (Lipinski definition) is 4. The molecule has 2 heterocycles. The molecule has 0 aliphatic carbocycles. The standard InChI is InChI=1S/C16H11F3N2O3/c1-3-24-16(23)9-6-21(2)15-8(14(9)22)4-7-5-10(17)11(18)12(19)13(7)20-15/h4-6H,3H2,1-2H3. The third-order valence-electron chi connectivity index (χ3n) is 3.57. The summed E-state index contributed by atoms with van der Waals surface area (Å²) in [6, 6.07) is 1.92. The van der Waals surface area contributed by atoms with E-state index in [-0.39, 0.29) is 28.6 Å². The van der Waals surface area contributed by atoms with E-state index in [0.29, 0.717) is 0 Å². The van der Waals surface area contributed by atoms with Crippen LogP contribution in [0.2, 0.25) is 0 Å². The van der Waals surface area contributed by atoms with Gasteiger partial charge in [0, 0.05) is 18.6 Å². The van der Waals surface area contributed by atoms with E-state index in [4.69, 9.17) is 4.74 Å². The van der Waals surface area contributed by atoms with Gasteiger partial charge in [-0.1, -0.05) is 0 Å². The molecule has 0 N–H and O–H groups in total. The van der Waals surface area contributed by atoms with E-state index in [2.05, 4.69) is 4.98 Å². The van der Waals surface area contributed by atoms with Crippen molar-refractivity contribution in [1.82, 2.24) is 9.55 Å². The van der Waals surface area contributed by atoms with Gasteiger partial charge in [0.15, 0.2) is 17.5 Å². The Kier molecular flexibility index (Phi) is 3.75. The van der Waals surface area contributed by atoms with Crippen molar-refractivity contribution in [2.75, 3.05) is 6.61 Å². The molecule has 0 amide bonds. The van der Waals surface area contributed by atoms with Crippen LogP contribution in [0.3, 0.4) is 0 Å². The van der Waals surface area contributed by atoms with E-state index < -0.39 is 34.4 Å². The molecule has 0 atom stereocenters. The zero-order chi connectivity index (χ0) is 17.6. The van der Waals surface area contributed by atoms with Crippen molar-refractivity contribution in [1.29, 1.82) is 0 Å². The van der Waals surface area contributed by atoms with Crippen LogP contribution >= 0.6 is 0 Å². The zero-order valence-electron chi connectivity index (χ0n) is 12.7. The number of halogens is 3. The van der Waals surface area contributed by atoms with Crippen LogP contribution in [0.1, 0.15) is 17.3 Å². The van der Waals surface area contributed by atoms with Gasteiger partial charge >= 0.3 is 5.97 Å². The molecule has 8 heteroatoms. The van der Waals surface area contributed by atoms with Gasteiger partial charge in [-0.25, -0.2) is 22.9 Å². The summed E-state index contributed by atoms with van der Waals surface area (Å²) in [6.45, 7) is 1.68. The Labute approximate surface area is 133 Å². The molecular formula is C16H11F3N2O3. The first-order valence-corrected chi connectivity index (χ1v) is 6.99. The maximum Gasteiger partial charge on any atom is 0.343 e. The predicted molar refractivity (Wildman–Crippen MR) is 80.3 cm³/mol. The first-order chi connectivity index (χ1) is 11.3. The lowest BCUT2D eigenvalue weighted by atomic mass is 10.1. The van der Waals surface area contributed by atoms with Crippen molar-refractivity contribution in [2.24, 2.45) is 7.05 Å². The SMILES string of the molecule is CCOC(=O)c1cn(C)c2nc3c(F)c(F)c(F)cc3cc2c1=O. The van der Waals surface area contributed by atoms with Gasteiger partial charge in [-0.3, -0.25) is 4.79 Å². The molecule has 0 radical (unpaired) electrons. The lowest BCUT2D eigenvalue weighted by Gasteiger charge is -2.10. The van der Waals surface area contributed by atoms with Crippen molar-refractivity contribution in [3.63, 3.8) is 0 Å². The van der Waals surface area contributed by atoms with Gasteiger partial charge in [0.1, 0.15) is 16.7 Å². The highest BCUT2D eigenvalue weighted by atomic mass is 19.2. The van der Waals surface area contributed by atoms with Gasteiger partial charge in [-0.2, -0.15) is 0 Å². The Hall–Kier alpha value is -2.90. The molecule has 0 aliphatic heterocycles. The topological polar surface area (TPSA) is 61.2 Å². The molecule has 0 spiro atoms. The van der Waals surface area contributed by atoms with E-state index in [0.717, 1.165) is 6.07 Å². The Morgan fingerprint density at radius 3 is 2.62 bits per heavy atom. The Balaban J connectivity index is 2.42. The second-order valence-electron chi connectivity index (χ2n) is 5.12. The predicted octanol–water partition coefficient (Wildman–Crippen LogP) is 2.68. The summed E-state index contributed by atoms with van der Waals surface area (Å²) in [6.07, 6.45) is 1.21. The van der Waals surface area contributed by atoms with Crippen LogP contribution in [0.5, 0.6) is 0 Å². The molecule has 24 heavy (non-hydrogen) atoms.